The van der Waals surface area contributed by atoms with Crippen LogP contribution < -0.4 is 10.1 Å². The van der Waals surface area contributed by atoms with Crippen molar-refractivity contribution in [2.75, 3.05) is 11.9 Å². The van der Waals surface area contributed by atoms with Crippen molar-refractivity contribution in [3.8, 4) is 23.2 Å². The molecule has 7 nitrogen and oxygen atoms in total. The van der Waals surface area contributed by atoms with E-state index in [9.17, 15) is 4.79 Å². The van der Waals surface area contributed by atoms with Crippen molar-refractivity contribution in [2.45, 2.75) is 32.6 Å². The Balaban J connectivity index is 1.54. The van der Waals surface area contributed by atoms with E-state index in [0.717, 1.165) is 5.56 Å². The minimum atomic E-state index is -0.177. The molecule has 0 saturated heterocycles. The van der Waals surface area contributed by atoms with Crippen LogP contribution in [0.1, 0.15) is 37.6 Å². The van der Waals surface area contributed by atoms with E-state index < -0.39 is 0 Å². The topological polar surface area (TPSA) is 101 Å². The fraction of sp³-hybridized carbons (Fsp3) is 0.273. The summed E-state index contributed by atoms with van der Waals surface area (Å²) in [5.74, 6) is 1.73. The van der Waals surface area contributed by atoms with Gasteiger partial charge >= 0.3 is 0 Å². The van der Waals surface area contributed by atoms with E-state index in [2.05, 4.69) is 41.4 Å². The lowest BCUT2D eigenvalue weighted by Gasteiger charge is -2.06. The quantitative estimate of drug-likeness (QED) is 0.614. The van der Waals surface area contributed by atoms with Gasteiger partial charge in [-0.2, -0.15) is 10.2 Å². The Morgan fingerprint density at radius 2 is 2.03 bits per heavy atom. The lowest BCUT2D eigenvalue weighted by Crippen LogP contribution is -2.12. The molecule has 0 unspecified atom stereocenters. The summed E-state index contributed by atoms with van der Waals surface area (Å²) in [6, 6.07) is 16.8. The molecular formula is C22H22N4O3. The van der Waals surface area contributed by atoms with Gasteiger partial charge in [-0.25, -0.2) is 0 Å². The van der Waals surface area contributed by atoms with Crippen molar-refractivity contribution in [1.29, 1.82) is 5.26 Å². The van der Waals surface area contributed by atoms with Gasteiger partial charge in [-0.3, -0.25) is 4.79 Å². The van der Waals surface area contributed by atoms with Gasteiger partial charge in [-0.1, -0.05) is 49.3 Å². The molecule has 0 atom stereocenters. The fourth-order valence-corrected chi connectivity index (χ4v) is 2.71. The number of aryl methyl sites for hydroxylation is 1. The first kappa shape index (κ1) is 20.1. The number of nitriles is 1. The lowest BCUT2D eigenvalue weighted by molar-refractivity contribution is -0.116. The molecule has 3 rings (SSSR count). The molecule has 0 aliphatic heterocycles. The average Bonchev–Trinajstić information content (AvgIpc) is 3.20. The zero-order chi connectivity index (χ0) is 20.6. The molecular weight excluding hydrogens is 368 g/mol. The van der Waals surface area contributed by atoms with Crippen molar-refractivity contribution >= 4 is 11.6 Å². The maximum Gasteiger partial charge on any atom is 0.227 e. The number of ether oxygens (including phenoxy) is 1. The van der Waals surface area contributed by atoms with Crippen LogP contribution in [0.15, 0.2) is 53.1 Å². The molecule has 29 heavy (non-hydrogen) atoms. The van der Waals surface area contributed by atoms with E-state index in [0.29, 0.717) is 35.5 Å². The number of hydrogen-bond acceptors (Lipinski definition) is 6. The Bertz CT molecular complexity index is 1000. The minimum Gasteiger partial charge on any atom is -0.479 e. The zero-order valence-corrected chi connectivity index (χ0v) is 16.4. The predicted molar refractivity (Wildman–Crippen MR) is 108 cm³/mol. The van der Waals surface area contributed by atoms with Crippen LogP contribution in [-0.4, -0.2) is 22.7 Å². The van der Waals surface area contributed by atoms with Gasteiger partial charge in [0, 0.05) is 30.2 Å². The molecule has 0 saturated carbocycles. The van der Waals surface area contributed by atoms with Crippen LogP contribution in [0.2, 0.25) is 0 Å². The first-order chi connectivity index (χ1) is 14.0. The van der Waals surface area contributed by atoms with Crippen LogP contribution in [0.3, 0.4) is 0 Å². The van der Waals surface area contributed by atoms with Crippen LogP contribution in [0.4, 0.5) is 5.69 Å². The molecule has 148 valence electrons. The van der Waals surface area contributed by atoms with E-state index in [4.69, 9.17) is 14.5 Å². The Labute approximate surface area is 169 Å². The third kappa shape index (κ3) is 5.66. The summed E-state index contributed by atoms with van der Waals surface area (Å²) in [4.78, 5) is 16.6. The number of anilines is 1. The summed E-state index contributed by atoms with van der Waals surface area (Å²) in [7, 11) is 0. The number of nitrogens with one attached hydrogen (secondary N) is 1. The molecule has 0 radical (unpaired) electrons. The monoisotopic (exact) mass is 390 g/mol. The maximum absolute atomic E-state index is 12.2. The van der Waals surface area contributed by atoms with Crippen molar-refractivity contribution in [3.63, 3.8) is 0 Å². The summed E-state index contributed by atoms with van der Waals surface area (Å²) in [5, 5.41) is 15.4. The van der Waals surface area contributed by atoms with Crippen LogP contribution in [0.25, 0.3) is 11.4 Å². The van der Waals surface area contributed by atoms with Crippen LogP contribution >= 0.6 is 0 Å². The first-order valence-corrected chi connectivity index (χ1v) is 9.37. The van der Waals surface area contributed by atoms with E-state index in [1.807, 2.05) is 18.2 Å². The summed E-state index contributed by atoms with van der Waals surface area (Å²) in [5.41, 5.74) is 2.72. The molecule has 7 heteroatoms. The Kier molecular flexibility index (Phi) is 6.59. The molecule has 0 spiro atoms. The third-order valence-corrected chi connectivity index (χ3v) is 4.29. The number of amides is 1. The summed E-state index contributed by atoms with van der Waals surface area (Å²) in [6.45, 7) is 4.24. The molecule has 1 amide bonds. The van der Waals surface area contributed by atoms with Gasteiger partial charge in [0.2, 0.25) is 17.6 Å². The standard InChI is InChI=1S/C22H22N4O3/c1-15(2)16-6-8-17(9-7-16)22-25-21(29-26-22)11-10-20(27)24-18-4-3-5-19(14-18)28-13-12-23/h3-9,14-15H,10-11,13H2,1-2H3,(H,24,27). The molecule has 0 fully saturated rings. The maximum atomic E-state index is 12.2. The third-order valence-electron chi connectivity index (χ3n) is 4.29. The molecule has 1 aromatic heterocycles. The first-order valence-electron chi connectivity index (χ1n) is 9.37. The zero-order valence-electron chi connectivity index (χ0n) is 16.4. The molecule has 0 aliphatic carbocycles. The average molecular weight is 390 g/mol. The number of carbonyl (C=O) groups excluding carboxylic acids is 1. The van der Waals surface area contributed by atoms with Crippen LogP contribution in [0, 0.1) is 11.3 Å². The highest BCUT2D eigenvalue weighted by atomic mass is 16.5. The van der Waals surface area contributed by atoms with Crippen molar-refractivity contribution in [3.05, 3.63) is 60.0 Å². The normalized spacial score (nSPS) is 10.6. The van der Waals surface area contributed by atoms with Gasteiger partial charge < -0.3 is 14.6 Å². The van der Waals surface area contributed by atoms with Gasteiger partial charge in [-0.05, 0) is 23.6 Å². The Morgan fingerprint density at radius 1 is 1.24 bits per heavy atom. The van der Waals surface area contributed by atoms with E-state index in [-0.39, 0.29) is 18.9 Å². The second-order valence-corrected chi connectivity index (χ2v) is 6.81. The second-order valence-electron chi connectivity index (χ2n) is 6.81. The number of carbonyl (C=O) groups is 1. The molecule has 1 heterocycles. The van der Waals surface area contributed by atoms with Crippen LogP contribution in [-0.2, 0) is 11.2 Å². The number of benzene rings is 2. The molecule has 2 aromatic carbocycles. The lowest BCUT2D eigenvalue weighted by atomic mass is 10.0. The van der Waals surface area contributed by atoms with Crippen molar-refractivity contribution in [2.24, 2.45) is 0 Å². The highest BCUT2D eigenvalue weighted by Gasteiger charge is 2.11. The van der Waals surface area contributed by atoms with E-state index in [1.165, 1.54) is 5.56 Å². The molecule has 3 aromatic rings. The number of rotatable bonds is 8. The minimum absolute atomic E-state index is 0.0446. The predicted octanol–water partition coefficient (Wildman–Crippen LogP) is 4.33. The van der Waals surface area contributed by atoms with E-state index >= 15 is 0 Å². The number of aromatic nitrogens is 2. The smallest absolute Gasteiger partial charge is 0.227 e. The van der Waals surface area contributed by atoms with Crippen LogP contribution in [0.5, 0.6) is 5.75 Å². The number of hydrogen-bond donors (Lipinski definition) is 1. The highest BCUT2D eigenvalue weighted by molar-refractivity contribution is 5.90. The highest BCUT2D eigenvalue weighted by Crippen LogP contribution is 2.21. The Morgan fingerprint density at radius 3 is 2.76 bits per heavy atom. The molecule has 1 N–H and O–H groups in total. The van der Waals surface area contributed by atoms with Gasteiger partial charge in [0.25, 0.3) is 0 Å². The van der Waals surface area contributed by atoms with Gasteiger partial charge in [0.05, 0.1) is 0 Å². The van der Waals surface area contributed by atoms with Gasteiger partial charge in [0.15, 0.2) is 6.61 Å². The second kappa shape index (κ2) is 9.51. The summed E-state index contributed by atoms with van der Waals surface area (Å²) in [6.07, 6.45) is 0.546. The largest absolute Gasteiger partial charge is 0.479 e. The summed E-state index contributed by atoms with van der Waals surface area (Å²) < 4.78 is 10.5. The van der Waals surface area contributed by atoms with Gasteiger partial charge in [0.1, 0.15) is 11.8 Å². The van der Waals surface area contributed by atoms with E-state index in [1.54, 1.807) is 24.3 Å². The van der Waals surface area contributed by atoms with Gasteiger partial charge in [-0.15, -0.1) is 0 Å². The SMILES string of the molecule is CC(C)c1ccc(-c2noc(CCC(=O)Nc3cccc(OCC#N)c3)n2)cc1. The Hall–Kier alpha value is -3.66. The van der Waals surface area contributed by atoms with Crippen molar-refractivity contribution in [1.82, 2.24) is 10.1 Å². The number of nitrogens with zero attached hydrogens (tertiary/aromatic N) is 3. The molecule has 0 bridgehead atoms. The molecule has 0 aliphatic rings. The fourth-order valence-electron chi connectivity index (χ4n) is 2.71. The van der Waals surface area contributed by atoms with Crippen molar-refractivity contribution < 1.29 is 14.1 Å². The summed E-state index contributed by atoms with van der Waals surface area (Å²) >= 11 is 0.